The zero-order valence-electron chi connectivity index (χ0n) is 12.0. The molecule has 1 heterocycles. The number of rotatable bonds is 5. The average molecular weight is 300 g/mol. The smallest absolute Gasteiger partial charge is 0.126 e. The van der Waals surface area contributed by atoms with Crippen molar-refractivity contribution in [2.75, 3.05) is 31.6 Å². The fourth-order valence-electron chi connectivity index (χ4n) is 2.72. The van der Waals surface area contributed by atoms with E-state index < -0.39 is 11.6 Å². The van der Waals surface area contributed by atoms with Crippen LogP contribution in [0.4, 0.5) is 8.78 Å². The fraction of sp³-hybridized carbons (Fsp3) is 0.600. The molecule has 1 aliphatic heterocycles. The van der Waals surface area contributed by atoms with Gasteiger partial charge in [-0.1, -0.05) is 6.92 Å². The number of nitrogens with one attached hydrogen (secondary N) is 1. The van der Waals surface area contributed by atoms with Crippen LogP contribution >= 0.6 is 11.8 Å². The summed E-state index contributed by atoms with van der Waals surface area (Å²) in [5.41, 5.74) is 0.720. The third-order valence-electron chi connectivity index (χ3n) is 3.75. The Morgan fingerprint density at radius 2 is 2.05 bits per heavy atom. The molecule has 0 bridgehead atoms. The molecular weight excluding hydrogens is 278 g/mol. The third-order valence-corrected chi connectivity index (χ3v) is 4.80. The zero-order chi connectivity index (χ0) is 14.5. The molecule has 20 heavy (non-hydrogen) atoms. The molecule has 1 aliphatic rings. The first-order chi connectivity index (χ1) is 9.60. The molecule has 0 amide bonds. The van der Waals surface area contributed by atoms with Crippen molar-refractivity contribution in [1.82, 2.24) is 10.2 Å². The quantitative estimate of drug-likeness (QED) is 0.899. The first kappa shape index (κ1) is 15.7. The summed E-state index contributed by atoms with van der Waals surface area (Å²) >= 11 is 1.95. The number of hydrogen-bond acceptors (Lipinski definition) is 3. The Morgan fingerprint density at radius 1 is 1.35 bits per heavy atom. The topological polar surface area (TPSA) is 15.3 Å². The van der Waals surface area contributed by atoms with Gasteiger partial charge in [-0.05, 0) is 37.7 Å². The molecule has 5 heteroatoms. The predicted molar refractivity (Wildman–Crippen MR) is 81.3 cm³/mol. The number of nitrogens with zero attached hydrogens (tertiary/aromatic N) is 1. The van der Waals surface area contributed by atoms with Crippen LogP contribution in [0.1, 0.15) is 12.5 Å². The highest BCUT2D eigenvalue weighted by atomic mass is 32.2. The largest absolute Gasteiger partial charge is 0.312 e. The minimum atomic E-state index is -0.498. The maximum Gasteiger partial charge on any atom is 0.126 e. The Hall–Kier alpha value is -0.650. The van der Waals surface area contributed by atoms with Crippen molar-refractivity contribution >= 4 is 11.8 Å². The molecule has 112 valence electrons. The van der Waals surface area contributed by atoms with Gasteiger partial charge in [0.1, 0.15) is 11.6 Å². The lowest BCUT2D eigenvalue weighted by molar-refractivity contribution is 0.215. The standard InChI is InChI=1S/C15H22F2N2S/c1-3-18-14(15-10-20-5-4-19(15)2)8-11-6-12(16)9-13(17)7-11/h6-7,9,14-15,18H,3-5,8,10H2,1-2H3. The van der Waals surface area contributed by atoms with Crippen molar-refractivity contribution < 1.29 is 8.78 Å². The molecule has 1 saturated heterocycles. The lowest BCUT2D eigenvalue weighted by Crippen LogP contribution is -2.53. The second-order valence-electron chi connectivity index (χ2n) is 5.27. The maximum absolute atomic E-state index is 13.3. The Bertz CT molecular complexity index is 422. The van der Waals surface area contributed by atoms with Gasteiger partial charge in [-0.2, -0.15) is 11.8 Å². The predicted octanol–water partition coefficient (Wildman–Crippen LogP) is 2.53. The highest BCUT2D eigenvalue weighted by Crippen LogP contribution is 2.20. The van der Waals surface area contributed by atoms with E-state index in [1.807, 2.05) is 11.8 Å². The van der Waals surface area contributed by atoms with Crippen LogP contribution in [0.15, 0.2) is 18.2 Å². The second kappa shape index (κ2) is 7.38. The van der Waals surface area contributed by atoms with Crippen molar-refractivity contribution in [3.8, 4) is 0 Å². The lowest BCUT2D eigenvalue weighted by Gasteiger charge is -2.38. The van der Waals surface area contributed by atoms with Gasteiger partial charge in [0, 0.05) is 36.2 Å². The van der Waals surface area contributed by atoms with E-state index in [1.54, 1.807) is 0 Å². The minimum absolute atomic E-state index is 0.221. The van der Waals surface area contributed by atoms with Gasteiger partial charge in [0.15, 0.2) is 0 Å². The van der Waals surface area contributed by atoms with Crippen LogP contribution in [0.2, 0.25) is 0 Å². The van der Waals surface area contributed by atoms with Crippen molar-refractivity contribution in [3.05, 3.63) is 35.4 Å². The Labute approximate surface area is 123 Å². The number of halogens is 2. The average Bonchev–Trinajstić information content (AvgIpc) is 2.37. The number of likely N-dealkylation sites (N-methyl/N-ethyl adjacent to an activating group) is 2. The van der Waals surface area contributed by atoms with Crippen molar-refractivity contribution in [3.63, 3.8) is 0 Å². The van der Waals surface area contributed by atoms with Crippen LogP contribution in [0.25, 0.3) is 0 Å². The van der Waals surface area contributed by atoms with Gasteiger partial charge in [0.25, 0.3) is 0 Å². The van der Waals surface area contributed by atoms with Gasteiger partial charge in [0.2, 0.25) is 0 Å². The summed E-state index contributed by atoms with van der Waals surface area (Å²) in [7, 11) is 2.13. The molecule has 0 spiro atoms. The zero-order valence-corrected chi connectivity index (χ0v) is 12.9. The monoisotopic (exact) mass is 300 g/mol. The Balaban J connectivity index is 2.11. The lowest BCUT2D eigenvalue weighted by atomic mass is 9.99. The van der Waals surface area contributed by atoms with E-state index in [0.717, 1.165) is 36.2 Å². The molecule has 1 aromatic carbocycles. The first-order valence-electron chi connectivity index (χ1n) is 7.06. The molecule has 0 saturated carbocycles. The number of thioether (sulfide) groups is 1. The van der Waals surface area contributed by atoms with E-state index >= 15 is 0 Å². The van der Waals surface area contributed by atoms with E-state index in [2.05, 4.69) is 24.2 Å². The van der Waals surface area contributed by atoms with E-state index in [1.165, 1.54) is 12.1 Å². The van der Waals surface area contributed by atoms with E-state index in [0.29, 0.717) is 12.5 Å². The highest BCUT2D eigenvalue weighted by molar-refractivity contribution is 7.99. The van der Waals surface area contributed by atoms with Gasteiger partial charge in [-0.15, -0.1) is 0 Å². The molecule has 1 N–H and O–H groups in total. The molecule has 1 fully saturated rings. The Morgan fingerprint density at radius 3 is 2.65 bits per heavy atom. The molecule has 0 aliphatic carbocycles. The molecule has 0 aromatic heterocycles. The summed E-state index contributed by atoms with van der Waals surface area (Å²) in [5.74, 6) is 1.22. The van der Waals surface area contributed by atoms with Crippen molar-refractivity contribution in [2.45, 2.75) is 25.4 Å². The fourth-order valence-corrected chi connectivity index (χ4v) is 4.03. The second-order valence-corrected chi connectivity index (χ2v) is 6.42. The van der Waals surface area contributed by atoms with Crippen LogP contribution in [-0.2, 0) is 6.42 Å². The van der Waals surface area contributed by atoms with Crippen molar-refractivity contribution in [2.24, 2.45) is 0 Å². The summed E-state index contributed by atoms with van der Waals surface area (Å²) < 4.78 is 26.6. The summed E-state index contributed by atoms with van der Waals surface area (Å²) in [4.78, 5) is 2.35. The van der Waals surface area contributed by atoms with Gasteiger partial charge >= 0.3 is 0 Å². The number of benzene rings is 1. The van der Waals surface area contributed by atoms with Gasteiger partial charge in [-0.3, -0.25) is 0 Å². The van der Waals surface area contributed by atoms with Crippen LogP contribution in [0.5, 0.6) is 0 Å². The van der Waals surface area contributed by atoms with Crippen LogP contribution in [-0.4, -0.2) is 48.6 Å². The third kappa shape index (κ3) is 4.17. The van der Waals surface area contributed by atoms with Crippen molar-refractivity contribution in [1.29, 1.82) is 0 Å². The highest BCUT2D eigenvalue weighted by Gasteiger charge is 2.27. The summed E-state index contributed by atoms with van der Waals surface area (Å²) in [6.45, 7) is 3.99. The molecule has 1 aromatic rings. The maximum atomic E-state index is 13.3. The molecule has 2 rings (SSSR count). The normalized spacial score (nSPS) is 21.9. The van der Waals surface area contributed by atoms with Gasteiger partial charge < -0.3 is 10.2 Å². The minimum Gasteiger partial charge on any atom is -0.312 e. The van der Waals surface area contributed by atoms with Gasteiger partial charge in [0.05, 0.1) is 0 Å². The SMILES string of the molecule is CCNC(Cc1cc(F)cc(F)c1)C1CSCCN1C. The summed E-state index contributed by atoms with van der Waals surface area (Å²) in [5, 5.41) is 3.47. The molecular formula is C15H22F2N2S. The molecule has 2 atom stereocenters. The van der Waals surface area contributed by atoms with E-state index in [-0.39, 0.29) is 6.04 Å². The van der Waals surface area contributed by atoms with Crippen LogP contribution < -0.4 is 5.32 Å². The van der Waals surface area contributed by atoms with E-state index in [4.69, 9.17) is 0 Å². The van der Waals surface area contributed by atoms with Crippen LogP contribution in [0.3, 0.4) is 0 Å². The van der Waals surface area contributed by atoms with E-state index in [9.17, 15) is 8.78 Å². The van der Waals surface area contributed by atoms with Crippen LogP contribution in [0, 0.1) is 11.6 Å². The molecule has 2 nitrogen and oxygen atoms in total. The Kier molecular flexibility index (Phi) is 5.81. The summed E-state index contributed by atoms with van der Waals surface area (Å²) in [6, 6.07) is 4.42. The molecule has 0 radical (unpaired) electrons. The number of hydrogen-bond donors (Lipinski definition) is 1. The first-order valence-corrected chi connectivity index (χ1v) is 8.22. The van der Waals surface area contributed by atoms with Gasteiger partial charge in [-0.25, -0.2) is 8.78 Å². The molecule has 2 unspecified atom stereocenters. The summed E-state index contributed by atoms with van der Waals surface area (Å²) in [6.07, 6.45) is 0.651.